The maximum atomic E-state index is 14.1. The Balaban J connectivity index is 2.47. The van der Waals surface area contributed by atoms with E-state index in [1.54, 1.807) is 20.8 Å². The summed E-state index contributed by atoms with van der Waals surface area (Å²) < 4.78 is 26.1. The molecular weight excluding hydrogens is 403 g/mol. The van der Waals surface area contributed by atoms with Crippen LogP contribution in [0.25, 0.3) is 4.85 Å². The standard InChI is InChI=1S/C22H33FN2O4Si/c1-20(2,3)28-19(26)25-14-18(29-30(8,9)21(4,5)6)13-22(25,27)15-10-16(23)12-17(11-15)24-7/h10-12,18,27H,13-14H2,1-6,8-9H3/t18-,22?/m1/s1. The van der Waals surface area contributed by atoms with Crippen molar-refractivity contribution in [2.75, 3.05) is 6.54 Å². The Hall–Kier alpha value is -1.95. The van der Waals surface area contributed by atoms with Gasteiger partial charge in [0.25, 0.3) is 0 Å². The van der Waals surface area contributed by atoms with Crippen molar-refractivity contribution in [2.45, 2.75) is 83.5 Å². The predicted molar refractivity (Wildman–Crippen MR) is 116 cm³/mol. The number of carbonyl (C=O) groups is 1. The summed E-state index contributed by atoms with van der Waals surface area (Å²) in [7, 11) is -2.19. The Morgan fingerprint density at radius 1 is 1.27 bits per heavy atom. The maximum Gasteiger partial charge on any atom is 0.412 e. The molecule has 30 heavy (non-hydrogen) atoms. The van der Waals surface area contributed by atoms with Gasteiger partial charge in [-0.2, -0.15) is 0 Å². The van der Waals surface area contributed by atoms with Crippen LogP contribution in [0.5, 0.6) is 0 Å². The zero-order valence-corrected chi connectivity index (χ0v) is 20.2. The number of ether oxygens (including phenoxy) is 1. The van der Waals surface area contributed by atoms with Crippen LogP contribution in [0.15, 0.2) is 18.2 Å². The molecule has 1 saturated heterocycles. The van der Waals surface area contributed by atoms with Crippen molar-refractivity contribution in [1.82, 2.24) is 4.90 Å². The Kier molecular flexibility index (Phi) is 6.44. The molecule has 8 heteroatoms. The average Bonchev–Trinajstić information content (AvgIpc) is 2.88. The fourth-order valence-corrected chi connectivity index (χ4v) is 4.55. The molecule has 6 nitrogen and oxygen atoms in total. The number of hydrogen-bond donors (Lipinski definition) is 1. The number of benzene rings is 1. The van der Waals surface area contributed by atoms with Crippen molar-refractivity contribution in [3.05, 3.63) is 41.0 Å². The molecule has 2 atom stereocenters. The van der Waals surface area contributed by atoms with Gasteiger partial charge in [0, 0.05) is 6.42 Å². The third-order valence-electron chi connectivity index (χ3n) is 5.70. The van der Waals surface area contributed by atoms with Crippen molar-refractivity contribution in [2.24, 2.45) is 0 Å². The molecule has 1 aromatic carbocycles. The molecule has 0 radical (unpaired) electrons. The lowest BCUT2D eigenvalue weighted by Gasteiger charge is -2.38. The first-order valence-corrected chi connectivity index (χ1v) is 13.0. The van der Waals surface area contributed by atoms with E-state index in [-0.39, 0.29) is 29.3 Å². The summed E-state index contributed by atoms with van der Waals surface area (Å²) in [6, 6.07) is 3.65. The molecule has 1 aliphatic rings. The van der Waals surface area contributed by atoms with E-state index in [9.17, 15) is 14.3 Å². The second-order valence-electron chi connectivity index (χ2n) is 10.4. The Labute approximate surface area is 179 Å². The van der Waals surface area contributed by atoms with E-state index in [1.165, 1.54) is 11.0 Å². The molecule has 1 fully saturated rings. The summed E-state index contributed by atoms with van der Waals surface area (Å²) in [5.74, 6) is -0.648. The first kappa shape index (κ1) is 24.3. The zero-order valence-electron chi connectivity index (χ0n) is 19.2. The molecule has 1 aliphatic heterocycles. The molecule has 1 aromatic rings. The summed E-state index contributed by atoms with van der Waals surface area (Å²) in [5.41, 5.74) is -2.41. The van der Waals surface area contributed by atoms with Crippen LogP contribution in [0.2, 0.25) is 18.1 Å². The van der Waals surface area contributed by atoms with E-state index in [4.69, 9.17) is 15.7 Å². The van der Waals surface area contributed by atoms with Crippen molar-refractivity contribution in [3.63, 3.8) is 0 Å². The number of carbonyl (C=O) groups excluding carboxylic acids is 1. The molecule has 0 aliphatic carbocycles. The molecule has 1 unspecified atom stereocenters. The Morgan fingerprint density at radius 2 is 1.87 bits per heavy atom. The minimum absolute atomic E-state index is 0.0522. The van der Waals surface area contributed by atoms with E-state index in [0.717, 1.165) is 12.1 Å². The van der Waals surface area contributed by atoms with Crippen LogP contribution in [0.3, 0.4) is 0 Å². The highest BCUT2D eigenvalue weighted by molar-refractivity contribution is 6.74. The third kappa shape index (κ3) is 5.20. The number of aliphatic hydroxyl groups is 1. The minimum atomic E-state index is -2.19. The largest absolute Gasteiger partial charge is 0.444 e. The number of hydrogen-bond acceptors (Lipinski definition) is 4. The fourth-order valence-electron chi connectivity index (χ4n) is 3.21. The first-order chi connectivity index (χ1) is 13.5. The van der Waals surface area contributed by atoms with Gasteiger partial charge in [-0.15, -0.1) is 0 Å². The van der Waals surface area contributed by atoms with E-state index in [2.05, 4.69) is 38.7 Å². The smallest absolute Gasteiger partial charge is 0.412 e. The summed E-state index contributed by atoms with van der Waals surface area (Å²) in [4.78, 5) is 17.4. The molecule has 0 spiro atoms. The number of amides is 1. The lowest BCUT2D eigenvalue weighted by Crippen LogP contribution is -2.47. The number of halogens is 1. The number of likely N-dealkylation sites (tertiary alicyclic amines) is 1. The van der Waals surface area contributed by atoms with E-state index in [1.807, 2.05) is 0 Å². The van der Waals surface area contributed by atoms with Crippen molar-refractivity contribution >= 4 is 20.1 Å². The predicted octanol–water partition coefficient (Wildman–Crippen LogP) is 5.55. The molecule has 0 saturated carbocycles. The van der Waals surface area contributed by atoms with Crippen LogP contribution < -0.4 is 0 Å². The van der Waals surface area contributed by atoms with Crippen molar-refractivity contribution in [3.8, 4) is 0 Å². The first-order valence-electron chi connectivity index (χ1n) is 10.1. The summed E-state index contributed by atoms with van der Waals surface area (Å²) in [6.07, 6.45) is -1.08. The Bertz CT molecular complexity index is 854. The monoisotopic (exact) mass is 436 g/mol. The van der Waals surface area contributed by atoms with Gasteiger partial charge >= 0.3 is 6.09 Å². The van der Waals surface area contributed by atoms with Crippen LogP contribution in [0.4, 0.5) is 14.9 Å². The molecule has 2 rings (SSSR count). The summed E-state index contributed by atoms with van der Waals surface area (Å²) >= 11 is 0. The Morgan fingerprint density at radius 3 is 2.37 bits per heavy atom. The molecule has 1 heterocycles. The average molecular weight is 437 g/mol. The lowest BCUT2D eigenvalue weighted by molar-refractivity contribution is -0.0901. The summed E-state index contributed by atoms with van der Waals surface area (Å²) in [5, 5.41) is 11.5. The zero-order chi connectivity index (χ0) is 23.1. The highest BCUT2D eigenvalue weighted by Crippen LogP contribution is 2.44. The van der Waals surface area contributed by atoms with Gasteiger partial charge < -0.3 is 14.3 Å². The van der Waals surface area contributed by atoms with Gasteiger partial charge in [0.05, 0.1) is 19.2 Å². The van der Waals surface area contributed by atoms with Gasteiger partial charge in [0.2, 0.25) is 0 Å². The van der Waals surface area contributed by atoms with Gasteiger partial charge in [-0.25, -0.2) is 14.0 Å². The van der Waals surface area contributed by atoms with E-state index < -0.39 is 37.7 Å². The van der Waals surface area contributed by atoms with Gasteiger partial charge in [-0.3, -0.25) is 4.90 Å². The van der Waals surface area contributed by atoms with Crippen LogP contribution in [0, 0.1) is 12.4 Å². The van der Waals surface area contributed by atoms with E-state index >= 15 is 0 Å². The van der Waals surface area contributed by atoms with Crippen molar-refractivity contribution in [1.29, 1.82) is 0 Å². The highest BCUT2D eigenvalue weighted by atomic mass is 28.4. The number of rotatable bonds is 3. The third-order valence-corrected chi connectivity index (χ3v) is 10.2. The lowest BCUT2D eigenvalue weighted by atomic mass is 9.98. The van der Waals surface area contributed by atoms with Crippen LogP contribution in [-0.2, 0) is 14.9 Å². The fraction of sp³-hybridized carbons (Fsp3) is 0.636. The topological polar surface area (TPSA) is 63.4 Å². The summed E-state index contributed by atoms with van der Waals surface area (Å²) in [6.45, 7) is 23.1. The van der Waals surface area contributed by atoms with Gasteiger partial charge in [0.1, 0.15) is 11.4 Å². The van der Waals surface area contributed by atoms with Crippen LogP contribution >= 0.6 is 0 Å². The van der Waals surface area contributed by atoms with Gasteiger partial charge in [-0.05, 0) is 62.7 Å². The van der Waals surface area contributed by atoms with Gasteiger partial charge in [-0.1, -0.05) is 20.8 Å². The molecule has 1 amide bonds. The van der Waals surface area contributed by atoms with Crippen molar-refractivity contribution < 1.29 is 23.5 Å². The molecular formula is C22H33FN2O4Si. The minimum Gasteiger partial charge on any atom is -0.444 e. The second-order valence-corrected chi connectivity index (χ2v) is 15.2. The molecule has 0 bridgehead atoms. The normalized spacial score (nSPS) is 22.7. The SMILES string of the molecule is [C-]#[N+]c1cc(F)cc(C2(O)C[C@@H](O[Si](C)(C)C(C)(C)C)CN2C(=O)OC(C)(C)C)c1. The quantitative estimate of drug-likeness (QED) is 0.498. The van der Waals surface area contributed by atoms with Crippen LogP contribution in [0.1, 0.15) is 53.5 Å². The van der Waals surface area contributed by atoms with Gasteiger partial charge in [0.15, 0.2) is 19.7 Å². The maximum absolute atomic E-state index is 14.1. The molecule has 0 aromatic heterocycles. The molecule has 166 valence electrons. The number of nitrogens with zero attached hydrogens (tertiary/aromatic N) is 2. The second kappa shape index (κ2) is 7.95. The highest BCUT2D eigenvalue weighted by Gasteiger charge is 2.52. The van der Waals surface area contributed by atoms with E-state index in [0.29, 0.717) is 0 Å². The van der Waals surface area contributed by atoms with Crippen LogP contribution in [-0.4, -0.2) is 42.7 Å². The molecule has 1 N–H and O–H groups in total.